The number of amides is 3. The number of aromatic nitrogens is 3. The molecule has 0 atom stereocenters. The molecule has 2 aromatic carbocycles. The molecule has 8 nitrogen and oxygen atoms in total. The number of H-pyrrole nitrogens is 1. The Labute approximate surface area is 178 Å². The number of benzene rings is 2. The molecule has 2 heterocycles. The van der Waals surface area contributed by atoms with E-state index < -0.39 is 0 Å². The highest BCUT2D eigenvalue weighted by Gasteiger charge is 2.20. The Morgan fingerprint density at radius 2 is 2.03 bits per heavy atom. The normalized spacial score (nSPS) is 13.4. The Morgan fingerprint density at radius 1 is 1.23 bits per heavy atom. The van der Waals surface area contributed by atoms with Crippen molar-refractivity contribution in [1.82, 2.24) is 20.1 Å². The summed E-state index contributed by atoms with van der Waals surface area (Å²) in [5.41, 5.74) is 3.55. The number of aromatic amines is 1. The third kappa shape index (κ3) is 4.25. The van der Waals surface area contributed by atoms with Crippen molar-refractivity contribution in [2.75, 3.05) is 23.3 Å². The molecular weight excluding hydrogens is 400 g/mol. The maximum Gasteiger partial charge on any atom is 0.321 e. The zero-order chi connectivity index (χ0) is 21.1. The molecule has 0 saturated carbocycles. The average Bonchev–Trinajstić information content (AvgIpc) is 3.32. The molecule has 154 valence electrons. The van der Waals surface area contributed by atoms with Gasteiger partial charge in [-0.25, -0.2) is 4.79 Å². The average molecular weight is 423 g/mol. The van der Waals surface area contributed by atoms with Crippen LogP contribution in [-0.2, 0) is 11.3 Å². The maximum absolute atomic E-state index is 12.5. The Kier molecular flexibility index (Phi) is 5.62. The Balaban J connectivity index is 1.39. The predicted octanol–water partition coefficient (Wildman–Crippen LogP) is 3.47. The minimum Gasteiger partial charge on any atom is -0.336 e. The van der Waals surface area contributed by atoms with Gasteiger partial charge in [0.15, 0.2) is 10.6 Å². The molecule has 3 N–H and O–H groups in total. The van der Waals surface area contributed by atoms with Gasteiger partial charge in [-0.15, -0.1) is 0 Å². The van der Waals surface area contributed by atoms with E-state index in [1.807, 2.05) is 47.9 Å². The summed E-state index contributed by atoms with van der Waals surface area (Å²) in [4.78, 5) is 25.9. The van der Waals surface area contributed by atoms with Crippen molar-refractivity contribution >= 4 is 35.5 Å². The number of urea groups is 1. The van der Waals surface area contributed by atoms with E-state index >= 15 is 0 Å². The summed E-state index contributed by atoms with van der Waals surface area (Å²) >= 11 is 5.34. The van der Waals surface area contributed by atoms with Gasteiger partial charge in [0.1, 0.15) is 0 Å². The SMILES string of the molecule is Cc1cccc(-c2n[nH]c(=S)n2CCC(=O)Nc2ccc(N3CCNC3=O)cc2)c1. The van der Waals surface area contributed by atoms with Gasteiger partial charge in [-0.1, -0.05) is 23.8 Å². The van der Waals surface area contributed by atoms with Crippen molar-refractivity contribution in [3.63, 3.8) is 0 Å². The van der Waals surface area contributed by atoms with Crippen molar-refractivity contribution in [3.8, 4) is 11.4 Å². The molecule has 9 heteroatoms. The first-order valence-electron chi connectivity index (χ1n) is 9.69. The lowest BCUT2D eigenvalue weighted by Gasteiger charge is -2.14. The number of carbonyl (C=O) groups is 2. The van der Waals surface area contributed by atoms with Crippen LogP contribution in [-0.4, -0.2) is 39.8 Å². The molecule has 1 aliphatic rings. The van der Waals surface area contributed by atoms with Gasteiger partial charge in [-0.3, -0.25) is 19.4 Å². The molecule has 0 spiro atoms. The van der Waals surface area contributed by atoms with Crippen molar-refractivity contribution in [2.45, 2.75) is 19.9 Å². The summed E-state index contributed by atoms with van der Waals surface area (Å²) < 4.78 is 2.31. The Hall–Kier alpha value is -3.46. The molecule has 0 bridgehead atoms. The summed E-state index contributed by atoms with van der Waals surface area (Å²) in [6.45, 7) is 3.71. The van der Waals surface area contributed by atoms with Crippen LogP contribution in [0.3, 0.4) is 0 Å². The standard InChI is InChI=1S/C21H22N6O2S/c1-14-3-2-4-15(13-14)19-24-25-21(30)27(19)11-9-18(28)23-16-5-7-17(8-6-16)26-12-10-22-20(26)29/h2-8,13H,9-12H2,1H3,(H,22,29)(H,23,28)(H,25,30). The highest BCUT2D eigenvalue weighted by Crippen LogP contribution is 2.21. The molecule has 1 saturated heterocycles. The molecule has 0 radical (unpaired) electrons. The van der Waals surface area contributed by atoms with E-state index in [1.165, 1.54) is 0 Å². The zero-order valence-corrected chi connectivity index (χ0v) is 17.3. The molecule has 1 aromatic heterocycles. The second-order valence-corrected chi connectivity index (χ2v) is 7.49. The quantitative estimate of drug-likeness (QED) is 0.530. The third-order valence-corrected chi connectivity index (χ3v) is 5.23. The van der Waals surface area contributed by atoms with E-state index in [1.54, 1.807) is 17.0 Å². The van der Waals surface area contributed by atoms with Crippen molar-refractivity contribution in [1.29, 1.82) is 0 Å². The summed E-state index contributed by atoms with van der Waals surface area (Å²) in [6.07, 6.45) is 0.253. The van der Waals surface area contributed by atoms with Crippen LogP contribution in [0, 0.1) is 11.7 Å². The summed E-state index contributed by atoms with van der Waals surface area (Å²) in [6, 6.07) is 15.1. The lowest BCUT2D eigenvalue weighted by Crippen LogP contribution is -2.27. The highest BCUT2D eigenvalue weighted by molar-refractivity contribution is 7.71. The third-order valence-electron chi connectivity index (χ3n) is 4.92. The first kappa shape index (κ1) is 19.8. The smallest absolute Gasteiger partial charge is 0.321 e. The largest absolute Gasteiger partial charge is 0.336 e. The minimum atomic E-state index is -0.125. The zero-order valence-electron chi connectivity index (χ0n) is 16.5. The van der Waals surface area contributed by atoms with Gasteiger partial charge in [0.25, 0.3) is 0 Å². The summed E-state index contributed by atoms with van der Waals surface area (Å²) in [5.74, 6) is 0.588. The number of hydrogen-bond donors (Lipinski definition) is 3. The van der Waals surface area contributed by atoms with Gasteiger partial charge in [-0.05, 0) is 49.5 Å². The number of aryl methyl sites for hydroxylation is 1. The number of anilines is 2. The lowest BCUT2D eigenvalue weighted by molar-refractivity contribution is -0.116. The molecule has 0 unspecified atom stereocenters. The molecule has 30 heavy (non-hydrogen) atoms. The van der Waals surface area contributed by atoms with E-state index in [9.17, 15) is 9.59 Å². The van der Waals surface area contributed by atoms with Crippen LogP contribution >= 0.6 is 12.2 Å². The number of hydrogen-bond acceptors (Lipinski definition) is 4. The lowest BCUT2D eigenvalue weighted by atomic mass is 10.1. The number of nitrogens with zero attached hydrogens (tertiary/aromatic N) is 3. The first-order valence-corrected chi connectivity index (χ1v) is 10.1. The van der Waals surface area contributed by atoms with E-state index in [0.717, 1.165) is 16.8 Å². The molecular formula is C21H22N6O2S. The van der Waals surface area contributed by atoms with Crippen LogP contribution in [0.5, 0.6) is 0 Å². The van der Waals surface area contributed by atoms with Gasteiger partial charge < -0.3 is 10.6 Å². The molecule has 4 rings (SSSR count). The predicted molar refractivity (Wildman–Crippen MR) is 118 cm³/mol. The van der Waals surface area contributed by atoms with E-state index in [-0.39, 0.29) is 18.4 Å². The van der Waals surface area contributed by atoms with Crippen LogP contribution in [0.1, 0.15) is 12.0 Å². The highest BCUT2D eigenvalue weighted by atomic mass is 32.1. The fraction of sp³-hybridized carbons (Fsp3) is 0.238. The van der Waals surface area contributed by atoms with Gasteiger partial charge in [-0.2, -0.15) is 5.10 Å². The van der Waals surface area contributed by atoms with E-state index in [2.05, 4.69) is 20.8 Å². The molecule has 1 fully saturated rings. The molecule has 3 aromatic rings. The number of rotatable bonds is 6. The molecule has 1 aliphatic heterocycles. The Morgan fingerprint density at radius 3 is 2.73 bits per heavy atom. The maximum atomic E-state index is 12.5. The molecule has 0 aliphatic carbocycles. The van der Waals surface area contributed by atoms with Gasteiger partial charge >= 0.3 is 6.03 Å². The van der Waals surface area contributed by atoms with Gasteiger partial charge in [0.05, 0.1) is 0 Å². The fourth-order valence-electron chi connectivity index (χ4n) is 3.41. The second-order valence-electron chi connectivity index (χ2n) is 7.10. The topological polar surface area (TPSA) is 95.1 Å². The van der Waals surface area contributed by atoms with Crippen LogP contribution in [0.25, 0.3) is 11.4 Å². The fourth-order valence-corrected chi connectivity index (χ4v) is 3.63. The second kappa shape index (κ2) is 8.50. The van der Waals surface area contributed by atoms with Crippen LogP contribution in [0.15, 0.2) is 48.5 Å². The van der Waals surface area contributed by atoms with Crippen molar-refractivity contribution < 1.29 is 9.59 Å². The van der Waals surface area contributed by atoms with E-state index in [4.69, 9.17) is 12.2 Å². The monoisotopic (exact) mass is 422 g/mol. The van der Waals surface area contributed by atoms with Crippen LogP contribution in [0.2, 0.25) is 0 Å². The van der Waals surface area contributed by atoms with Crippen LogP contribution in [0.4, 0.5) is 16.2 Å². The summed E-state index contributed by atoms with van der Waals surface area (Å²) in [7, 11) is 0. The number of carbonyl (C=O) groups excluding carboxylic acids is 2. The molecule has 3 amide bonds. The van der Waals surface area contributed by atoms with Gasteiger partial charge in [0.2, 0.25) is 5.91 Å². The first-order chi connectivity index (χ1) is 14.5. The summed E-state index contributed by atoms with van der Waals surface area (Å²) in [5, 5.41) is 12.8. The number of nitrogens with one attached hydrogen (secondary N) is 3. The van der Waals surface area contributed by atoms with Crippen molar-refractivity contribution in [2.24, 2.45) is 0 Å². The van der Waals surface area contributed by atoms with Crippen molar-refractivity contribution in [3.05, 3.63) is 58.9 Å². The minimum absolute atomic E-state index is 0.104. The van der Waals surface area contributed by atoms with E-state index in [0.29, 0.717) is 35.9 Å². The van der Waals surface area contributed by atoms with Crippen LogP contribution < -0.4 is 15.5 Å². The van der Waals surface area contributed by atoms with Gasteiger partial charge in [0, 0.05) is 43.0 Å². The Bertz CT molecular complexity index is 1130.